The molecule has 248 valence electrons. The van der Waals surface area contributed by atoms with Gasteiger partial charge >= 0.3 is 0 Å². The Kier molecular flexibility index (Phi) is 9.27. The second-order valence-electron chi connectivity index (χ2n) is 11.6. The Morgan fingerprint density at radius 1 is 0.878 bits per heavy atom. The molecule has 0 saturated carbocycles. The Labute approximate surface area is 282 Å². The highest BCUT2D eigenvalue weighted by Gasteiger charge is 2.38. The van der Waals surface area contributed by atoms with Crippen LogP contribution in [0.5, 0.6) is 11.5 Å². The van der Waals surface area contributed by atoms with Crippen LogP contribution >= 0.6 is 0 Å². The van der Waals surface area contributed by atoms with Crippen molar-refractivity contribution < 1.29 is 28.1 Å². The highest BCUT2D eigenvalue weighted by molar-refractivity contribution is 6.06. The van der Waals surface area contributed by atoms with Crippen molar-refractivity contribution in [1.29, 1.82) is 0 Å². The van der Waals surface area contributed by atoms with E-state index in [4.69, 9.17) is 18.9 Å². The van der Waals surface area contributed by atoms with Crippen LogP contribution in [0.3, 0.4) is 0 Å². The van der Waals surface area contributed by atoms with Gasteiger partial charge in [-0.2, -0.15) is 0 Å². The number of methoxy groups -OCH3 is 2. The largest absolute Gasteiger partial charge is 0.497 e. The van der Waals surface area contributed by atoms with Gasteiger partial charge in [0.2, 0.25) is 0 Å². The van der Waals surface area contributed by atoms with E-state index in [0.29, 0.717) is 23.3 Å². The number of imidazole rings is 1. The fourth-order valence-corrected chi connectivity index (χ4v) is 6.08. The predicted molar refractivity (Wildman–Crippen MR) is 183 cm³/mol. The molecule has 4 aromatic carbocycles. The summed E-state index contributed by atoms with van der Waals surface area (Å²) >= 11 is 0. The standard InChI is InChI=1S/C38H34FN5O5/c1-46-28-15-11-24(12-16-28)31-10-6-9-27(33(31)25-13-17-29(47-2)18-14-25)20-48-21-30-19-32(39)38(49-30)44-23-42-34-35(40-22-41-36(34)44)43-37(45)26-7-4-3-5-8-26/h3-18,22-23,30,32,38H,19-21H2,1-2H3,(H,40,41,43,45)/t30-,32-,38-/m1/s1. The normalized spacial score (nSPS) is 17.2. The molecule has 6 aromatic rings. The molecular formula is C38H34FN5O5. The Morgan fingerprint density at radius 3 is 2.31 bits per heavy atom. The van der Waals surface area contributed by atoms with Crippen LogP contribution in [0.1, 0.15) is 28.6 Å². The highest BCUT2D eigenvalue weighted by atomic mass is 19.1. The van der Waals surface area contributed by atoms with E-state index < -0.39 is 18.5 Å². The quantitative estimate of drug-likeness (QED) is 0.155. The Morgan fingerprint density at radius 2 is 1.59 bits per heavy atom. The number of anilines is 1. The van der Waals surface area contributed by atoms with Gasteiger partial charge in [0.15, 0.2) is 23.2 Å². The molecule has 10 nitrogen and oxygen atoms in total. The zero-order valence-electron chi connectivity index (χ0n) is 27.0. The molecule has 0 radical (unpaired) electrons. The lowest BCUT2D eigenvalue weighted by Gasteiger charge is -2.18. The van der Waals surface area contributed by atoms with Crippen molar-refractivity contribution in [1.82, 2.24) is 19.5 Å². The number of benzene rings is 4. The molecule has 49 heavy (non-hydrogen) atoms. The number of halogens is 1. The van der Waals surface area contributed by atoms with Gasteiger partial charge in [0.25, 0.3) is 5.91 Å². The van der Waals surface area contributed by atoms with Crippen LogP contribution in [0.4, 0.5) is 10.2 Å². The molecule has 7 rings (SSSR count). The predicted octanol–water partition coefficient (Wildman–Crippen LogP) is 7.27. The molecular weight excluding hydrogens is 625 g/mol. The molecule has 2 aromatic heterocycles. The second-order valence-corrected chi connectivity index (χ2v) is 11.6. The minimum atomic E-state index is -1.32. The Balaban J connectivity index is 1.07. The van der Waals surface area contributed by atoms with Crippen molar-refractivity contribution in [2.75, 3.05) is 26.1 Å². The summed E-state index contributed by atoms with van der Waals surface area (Å²) in [7, 11) is 3.29. The summed E-state index contributed by atoms with van der Waals surface area (Å²) in [6.07, 6.45) is 0.139. The average molecular weight is 660 g/mol. The lowest BCUT2D eigenvalue weighted by molar-refractivity contribution is -0.0529. The molecule has 0 aliphatic carbocycles. The van der Waals surface area contributed by atoms with Crippen LogP contribution in [0.25, 0.3) is 33.4 Å². The van der Waals surface area contributed by atoms with E-state index >= 15 is 4.39 Å². The van der Waals surface area contributed by atoms with Gasteiger partial charge in [0.1, 0.15) is 24.0 Å². The maximum atomic E-state index is 15.5. The van der Waals surface area contributed by atoms with Crippen molar-refractivity contribution in [3.8, 4) is 33.8 Å². The van der Waals surface area contributed by atoms with Crippen LogP contribution < -0.4 is 14.8 Å². The first-order chi connectivity index (χ1) is 24.0. The van der Waals surface area contributed by atoms with Crippen molar-refractivity contribution >= 4 is 22.9 Å². The smallest absolute Gasteiger partial charge is 0.256 e. The molecule has 3 heterocycles. The van der Waals surface area contributed by atoms with E-state index in [0.717, 1.165) is 39.3 Å². The zero-order chi connectivity index (χ0) is 33.7. The number of nitrogens with zero attached hydrogens (tertiary/aromatic N) is 4. The first-order valence-corrected chi connectivity index (χ1v) is 15.8. The average Bonchev–Trinajstić information content (AvgIpc) is 3.75. The number of rotatable bonds is 11. The van der Waals surface area contributed by atoms with E-state index in [1.807, 2.05) is 66.7 Å². The minimum absolute atomic E-state index is 0.143. The number of nitrogens with one attached hydrogen (secondary N) is 1. The van der Waals surface area contributed by atoms with E-state index in [1.54, 1.807) is 43.1 Å². The molecule has 1 N–H and O–H groups in total. The number of ether oxygens (including phenoxy) is 4. The molecule has 11 heteroatoms. The minimum Gasteiger partial charge on any atom is -0.497 e. The lowest BCUT2D eigenvalue weighted by atomic mass is 9.90. The third kappa shape index (κ3) is 6.71. The summed E-state index contributed by atoms with van der Waals surface area (Å²) in [5.41, 5.74) is 6.27. The van der Waals surface area contributed by atoms with Gasteiger partial charge in [0.05, 0.1) is 39.9 Å². The van der Waals surface area contributed by atoms with E-state index in [9.17, 15) is 4.79 Å². The summed E-state index contributed by atoms with van der Waals surface area (Å²) in [6, 6.07) is 30.8. The fourth-order valence-electron chi connectivity index (χ4n) is 6.08. The van der Waals surface area contributed by atoms with Crippen LogP contribution in [-0.4, -0.2) is 58.5 Å². The SMILES string of the molecule is COc1ccc(-c2cccc(COC[C@H]3C[C@@H](F)[C@H](n4cnc5c(NC(=O)c6ccccc6)ncnc54)O3)c2-c2ccc(OC)cc2)cc1. The van der Waals surface area contributed by atoms with Gasteiger partial charge < -0.3 is 24.3 Å². The molecule has 0 unspecified atom stereocenters. The molecule has 0 spiro atoms. The van der Waals surface area contributed by atoms with E-state index in [1.165, 1.54) is 12.7 Å². The molecule has 1 fully saturated rings. The zero-order valence-corrected chi connectivity index (χ0v) is 27.0. The number of aromatic nitrogens is 4. The first kappa shape index (κ1) is 31.9. The number of hydrogen-bond donors (Lipinski definition) is 1. The number of alkyl halides is 1. The monoisotopic (exact) mass is 659 g/mol. The number of amides is 1. The maximum absolute atomic E-state index is 15.5. The lowest BCUT2D eigenvalue weighted by Crippen LogP contribution is -2.18. The molecule has 3 atom stereocenters. The number of fused-ring (bicyclic) bond motifs is 1. The third-order valence-electron chi connectivity index (χ3n) is 8.52. The molecule has 1 amide bonds. The van der Waals surface area contributed by atoms with Crippen LogP contribution in [-0.2, 0) is 16.1 Å². The Bertz CT molecular complexity index is 2050. The maximum Gasteiger partial charge on any atom is 0.256 e. The van der Waals surface area contributed by atoms with E-state index in [2.05, 4.69) is 26.3 Å². The second kappa shape index (κ2) is 14.2. The van der Waals surface area contributed by atoms with Gasteiger partial charge in [-0.05, 0) is 64.2 Å². The summed E-state index contributed by atoms with van der Waals surface area (Å²) in [6.45, 7) is 0.476. The van der Waals surface area contributed by atoms with Gasteiger partial charge in [-0.25, -0.2) is 19.3 Å². The van der Waals surface area contributed by atoms with Crippen LogP contribution in [0.2, 0.25) is 0 Å². The summed E-state index contributed by atoms with van der Waals surface area (Å²) in [5, 5.41) is 2.78. The van der Waals surface area contributed by atoms with Crippen molar-refractivity contribution in [3.05, 3.63) is 121 Å². The summed E-state index contributed by atoms with van der Waals surface area (Å²) in [4.78, 5) is 25.7. The molecule has 1 aliphatic rings. The highest BCUT2D eigenvalue weighted by Crippen LogP contribution is 2.38. The van der Waals surface area contributed by atoms with Crippen molar-refractivity contribution in [2.45, 2.75) is 31.5 Å². The van der Waals surface area contributed by atoms with Gasteiger partial charge in [0, 0.05) is 12.0 Å². The number of hydrogen-bond acceptors (Lipinski definition) is 8. The Hall–Kier alpha value is -5.65. The van der Waals surface area contributed by atoms with Gasteiger partial charge in [-0.15, -0.1) is 0 Å². The topological polar surface area (TPSA) is 110 Å². The van der Waals surface area contributed by atoms with Gasteiger partial charge in [-0.3, -0.25) is 9.36 Å². The van der Waals surface area contributed by atoms with E-state index in [-0.39, 0.29) is 24.8 Å². The molecule has 0 bridgehead atoms. The number of carbonyl (C=O) groups is 1. The first-order valence-electron chi connectivity index (χ1n) is 15.8. The summed E-state index contributed by atoms with van der Waals surface area (Å²) in [5.74, 6) is 1.44. The molecule has 1 aliphatic heterocycles. The fraction of sp³-hybridized carbons (Fsp3) is 0.211. The third-order valence-corrected chi connectivity index (χ3v) is 8.52. The van der Waals surface area contributed by atoms with Crippen LogP contribution in [0, 0.1) is 0 Å². The van der Waals surface area contributed by atoms with Crippen molar-refractivity contribution in [2.24, 2.45) is 0 Å². The number of carbonyl (C=O) groups excluding carboxylic acids is 1. The van der Waals surface area contributed by atoms with Crippen LogP contribution in [0.15, 0.2) is 110 Å². The summed E-state index contributed by atoms with van der Waals surface area (Å²) < 4.78 is 40.2. The van der Waals surface area contributed by atoms with Gasteiger partial charge in [-0.1, -0.05) is 60.7 Å². The molecule has 1 saturated heterocycles. The van der Waals surface area contributed by atoms with Crippen molar-refractivity contribution in [3.63, 3.8) is 0 Å².